The van der Waals surface area contributed by atoms with E-state index in [1.165, 1.54) is 6.33 Å². The number of nitrogens with two attached hydrogens (primary N) is 1. The normalized spacial score (nSPS) is 10.4. The Kier molecular flexibility index (Phi) is 4.98. The van der Waals surface area contributed by atoms with Crippen molar-refractivity contribution in [3.8, 4) is 0 Å². The summed E-state index contributed by atoms with van der Waals surface area (Å²) in [6, 6.07) is 11.1. The molecule has 0 aliphatic rings. The molecule has 0 saturated carbocycles. The number of nitrogens with zero attached hydrogens (tertiary/aromatic N) is 3. The third-order valence-corrected chi connectivity index (χ3v) is 3.97. The third kappa shape index (κ3) is 3.67. The van der Waals surface area contributed by atoms with E-state index in [0.717, 1.165) is 5.56 Å². The first-order valence-electron chi connectivity index (χ1n) is 7.10. The van der Waals surface area contributed by atoms with E-state index in [0.29, 0.717) is 39.7 Å². The van der Waals surface area contributed by atoms with Gasteiger partial charge in [0.15, 0.2) is 16.8 Å². The van der Waals surface area contributed by atoms with Gasteiger partial charge in [-0.3, -0.25) is 0 Å². The summed E-state index contributed by atoms with van der Waals surface area (Å²) in [4.78, 5) is 12.3. The first-order chi connectivity index (χ1) is 11.6. The number of anilines is 4. The van der Waals surface area contributed by atoms with E-state index in [9.17, 15) is 0 Å². The number of aromatic nitrogens is 3. The fourth-order valence-corrected chi connectivity index (χ4v) is 2.43. The topological polar surface area (TPSA) is 88.8 Å². The molecule has 0 aliphatic heterocycles. The lowest BCUT2D eigenvalue weighted by Gasteiger charge is -2.13. The Morgan fingerprint density at radius 3 is 2.54 bits per heavy atom. The Morgan fingerprint density at radius 2 is 1.75 bits per heavy atom. The van der Waals surface area contributed by atoms with Crippen molar-refractivity contribution >= 4 is 46.2 Å². The number of nitrogens with one attached hydrogen (secondary N) is 2. The van der Waals surface area contributed by atoms with Crippen LogP contribution in [-0.4, -0.2) is 15.0 Å². The molecule has 8 heteroatoms. The van der Waals surface area contributed by atoms with Crippen molar-refractivity contribution in [2.45, 2.75) is 6.54 Å². The van der Waals surface area contributed by atoms with E-state index in [2.05, 4.69) is 25.6 Å². The molecule has 2 heterocycles. The first kappa shape index (κ1) is 16.3. The van der Waals surface area contributed by atoms with Crippen LogP contribution in [0.15, 0.2) is 48.9 Å². The highest BCUT2D eigenvalue weighted by molar-refractivity contribution is 6.32. The van der Waals surface area contributed by atoms with Crippen molar-refractivity contribution in [2.75, 3.05) is 16.4 Å². The van der Waals surface area contributed by atoms with Gasteiger partial charge >= 0.3 is 0 Å². The lowest BCUT2D eigenvalue weighted by molar-refractivity contribution is 1.09. The zero-order chi connectivity index (χ0) is 16.9. The molecule has 1 aromatic carbocycles. The summed E-state index contributed by atoms with van der Waals surface area (Å²) < 4.78 is 0. The van der Waals surface area contributed by atoms with Crippen molar-refractivity contribution in [3.05, 3.63) is 64.7 Å². The number of rotatable bonds is 5. The minimum atomic E-state index is 0.334. The Bertz CT molecular complexity index is 855. The predicted octanol–water partition coefficient (Wildman–Crippen LogP) is 4.12. The van der Waals surface area contributed by atoms with E-state index in [-0.39, 0.29) is 0 Å². The lowest BCUT2D eigenvalue weighted by Crippen LogP contribution is -2.08. The molecular formula is C16H14Cl2N6. The van der Waals surface area contributed by atoms with Gasteiger partial charge in [0.2, 0.25) is 0 Å². The summed E-state index contributed by atoms with van der Waals surface area (Å²) in [6.45, 7) is 0.494. The summed E-state index contributed by atoms with van der Waals surface area (Å²) in [5, 5.41) is 7.23. The van der Waals surface area contributed by atoms with Crippen LogP contribution in [0.3, 0.4) is 0 Å². The van der Waals surface area contributed by atoms with E-state index in [1.807, 2.05) is 24.3 Å². The van der Waals surface area contributed by atoms with Crippen LogP contribution in [0.1, 0.15) is 5.56 Å². The summed E-state index contributed by atoms with van der Waals surface area (Å²) in [5.41, 5.74) is 8.08. The van der Waals surface area contributed by atoms with Crippen LogP contribution in [0, 0.1) is 0 Å². The van der Waals surface area contributed by atoms with Gasteiger partial charge in [-0.05, 0) is 23.8 Å². The molecule has 0 spiro atoms. The van der Waals surface area contributed by atoms with E-state index in [1.54, 1.807) is 18.3 Å². The molecule has 6 nitrogen and oxygen atoms in total. The van der Waals surface area contributed by atoms with Gasteiger partial charge in [0.05, 0.1) is 5.69 Å². The minimum absolute atomic E-state index is 0.334. The number of hydrogen-bond donors (Lipinski definition) is 3. The molecule has 3 rings (SSSR count). The molecule has 0 fully saturated rings. The van der Waals surface area contributed by atoms with E-state index in [4.69, 9.17) is 28.9 Å². The average Bonchev–Trinajstić information content (AvgIpc) is 2.59. The van der Waals surface area contributed by atoms with Crippen molar-refractivity contribution in [2.24, 2.45) is 0 Å². The Hall–Kier alpha value is -2.57. The summed E-state index contributed by atoms with van der Waals surface area (Å²) in [6.07, 6.45) is 3.02. The van der Waals surface area contributed by atoms with Gasteiger partial charge in [0.1, 0.15) is 12.0 Å². The molecule has 122 valence electrons. The number of nitrogen functional groups attached to an aromatic ring is 1. The van der Waals surface area contributed by atoms with Crippen molar-refractivity contribution in [1.29, 1.82) is 0 Å². The second-order valence-corrected chi connectivity index (χ2v) is 5.66. The van der Waals surface area contributed by atoms with Crippen molar-refractivity contribution in [3.63, 3.8) is 0 Å². The maximum Gasteiger partial charge on any atom is 0.159 e. The maximum atomic E-state index is 6.15. The van der Waals surface area contributed by atoms with Crippen molar-refractivity contribution in [1.82, 2.24) is 15.0 Å². The predicted molar refractivity (Wildman–Crippen MR) is 97.8 cm³/mol. The SMILES string of the molecule is Nc1c(NCc2ccccc2Cl)ncnc1Nc1cccnc1Cl. The quantitative estimate of drug-likeness (QED) is 0.593. The lowest BCUT2D eigenvalue weighted by atomic mass is 10.2. The number of halogens is 2. The summed E-state index contributed by atoms with van der Waals surface area (Å²) >= 11 is 12.2. The molecule has 2 aromatic heterocycles. The fourth-order valence-electron chi connectivity index (χ4n) is 2.06. The van der Waals surface area contributed by atoms with E-state index >= 15 is 0 Å². The molecule has 0 atom stereocenters. The zero-order valence-electron chi connectivity index (χ0n) is 12.5. The van der Waals surface area contributed by atoms with Gasteiger partial charge in [0.25, 0.3) is 0 Å². The molecule has 0 aliphatic carbocycles. The van der Waals surface area contributed by atoms with Gasteiger partial charge in [-0.15, -0.1) is 0 Å². The van der Waals surface area contributed by atoms with Gasteiger partial charge in [-0.2, -0.15) is 0 Å². The number of hydrogen-bond acceptors (Lipinski definition) is 6. The Morgan fingerprint density at radius 1 is 0.958 bits per heavy atom. The first-order valence-corrected chi connectivity index (χ1v) is 7.86. The van der Waals surface area contributed by atoms with Crippen LogP contribution < -0.4 is 16.4 Å². The smallest absolute Gasteiger partial charge is 0.159 e. The zero-order valence-corrected chi connectivity index (χ0v) is 14.0. The largest absolute Gasteiger partial charge is 0.393 e. The number of pyridine rings is 1. The summed E-state index contributed by atoms with van der Waals surface area (Å²) in [7, 11) is 0. The molecule has 3 aromatic rings. The van der Waals surface area contributed by atoms with E-state index < -0.39 is 0 Å². The molecular weight excluding hydrogens is 347 g/mol. The molecule has 0 radical (unpaired) electrons. The third-order valence-electron chi connectivity index (χ3n) is 3.30. The van der Waals surface area contributed by atoms with Crippen LogP contribution in [0.4, 0.5) is 23.0 Å². The Balaban J connectivity index is 1.78. The molecule has 24 heavy (non-hydrogen) atoms. The van der Waals surface area contributed by atoms with Crippen LogP contribution in [0.25, 0.3) is 0 Å². The molecule has 4 N–H and O–H groups in total. The number of benzene rings is 1. The second-order valence-electron chi connectivity index (χ2n) is 4.90. The van der Waals surface area contributed by atoms with Crippen LogP contribution >= 0.6 is 23.2 Å². The minimum Gasteiger partial charge on any atom is -0.393 e. The highest BCUT2D eigenvalue weighted by atomic mass is 35.5. The Labute approximate surface area is 149 Å². The summed E-state index contributed by atoms with van der Waals surface area (Å²) in [5.74, 6) is 0.953. The highest BCUT2D eigenvalue weighted by Gasteiger charge is 2.10. The van der Waals surface area contributed by atoms with Crippen LogP contribution in [0.5, 0.6) is 0 Å². The highest BCUT2D eigenvalue weighted by Crippen LogP contribution is 2.28. The van der Waals surface area contributed by atoms with Gasteiger partial charge < -0.3 is 16.4 Å². The monoisotopic (exact) mass is 360 g/mol. The fraction of sp³-hybridized carbons (Fsp3) is 0.0625. The van der Waals surface area contributed by atoms with Crippen molar-refractivity contribution < 1.29 is 0 Å². The van der Waals surface area contributed by atoms with Crippen LogP contribution in [-0.2, 0) is 6.54 Å². The van der Waals surface area contributed by atoms with Gasteiger partial charge in [-0.25, -0.2) is 15.0 Å². The molecule has 0 amide bonds. The molecule has 0 saturated heterocycles. The molecule has 0 bridgehead atoms. The standard InChI is InChI=1S/C16H14Cl2N6/c17-11-5-2-1-4-10(11)8-21-15-13(19)16(23-9-22-15)24-12-6-3-7-20-14(12)18/h1-7,9H,8,19H2,(H2,21,22,23,24). The van der Waals surface area contributed by atoms with Crippen LogP contribution in [0.2, 0.25) is 10.2 Å². The molecule has 0 unspecified atom stereocenters. The van der Waals surface area contributed by atoms with Gasteiger partial charge in [-0.1, -0.05) is 41.4 Å². The maximum absolute atomic E-state index is 6.15. The van der Waals surface area contributed by atoms with Gasteiger partial charge in [0, 0.05) is 17.8 Å². The average molecular weight is 361 g/mol. The second kappa shape index (κ2) is 7.33.